The Labute approximate surface area is 153 Å². The quantitative estimate of drug-likeness (QED) is 0.673. The van der Waals surface area contributed by atoms with E-state index in [0.717, 1.165) is 12.1 Å². The minimum Gasteiger partial charge on any atom is -0.366 e. The van der Waals surface area contributed by atoms with Crippen LogP contribution in [-0.2, 0) is 0 Å². The molecule has 0 spiro atoms. The summed E-state index contributed by atoms with van der Waals surface area (Å²) in [4.78, 5) is 5.73. The van der Waals surface area contributed by atoms with Crippen molar-refractivity contribution in [3.63, 3.8) is 0 Å². The standard InChI is InChI=1S/C22H22N2S/c1-2-3-4-8-11-21-14-18(16-25-21)12-13-20-15-22(24-17-23-20)19-9-6-5-7-10-19/h2-9,11-17,19-20H,1,10H2,(H,23,24)/b4-3-,11-8+,13-12-. The number of rotatable bonds is 6. The number of aliphatic imine (C=N–C) groups is 1. The molecule has 0 radical (unpaired) electrons. The number of hydrogen-bond donors (Lipinski definition) is 1. The first-order chi connectivity index (χ1) is 12.3. The highest BCUT2D eigenvalue weighted by Gasteiger charge is 2.14. The third-order valence-corrected chi connectivity index (χ3v) is 4.86. The van der Waals surface area contributed by atoms with Crippen LogP contribution in [0, 0.1) is 5.92 Å². The number of allylic oxidation sites excluding steroid dienone is 8. The van der Waals surface area contributed by atoms with Crippen LogP contribution in [0.4, 0.5) is 0 Å². The van der Waals surface area contributed by atoms with Crippen molar-refractivity contribution in [3.8, 4) is 0 Å². The average molecular weight is 346 g/mol. The van der Waals surface area contributed by atoms with Gasteiger partial charge in [0.25, 0.3) is 0 Å². The fourth-order valence-electron chi connectivity index (χ4n) is 2.65. The normalized spacial score (nSPS) is 22.8. The van der Waals surface area contributed by atoms with Crippen LogP contribution in [-0.4, -0.2) is 12.4 Å². The van der Waals surface area contributed by atoms with Crippen molar-refractivity contribution < 1.29 is 0 Å². The maximum absolute atomic E-state index is 4.50. The van der Waals surface area contributed by atoms with E-state index in [1.165, 1.54) is 10.4 Å². The molecule has 2 heterocycles. The summed E-state index contributed by atoms with van der Waals surface area (Å²) in [7, 11) is 0. The Morgan fingerprint density at radius 1 is 1.20 bits per heavy atom. The zero-order chi connectivity index (χ0) is 17.3. The monoisotopic (exact) mass is 346 g/mol. The summed E-state index contributed by atoms with van der Waals surface area (Å²) in [5, 5.41) is 5.46. The van der Waals surface area contributed by atoms with Gasteiger partial charge in [-0.1, -0.05) is 67.3 Å². The summed E-state index contributed by atoms with van der Waals surface area (Å²) in [5.41, 5.74) is 2.36. The van der Waals surface area contributed by atoms with Gasteiger partial charge in [0.15, 0.2) is 0 Å². The van der Waals surface area contributed by atoms with Crippen LogP contribution < -0.4 is 5.32 Å². The van der Waals surface area contributed by atoms with Crippen LogP contribution in [0.25, 0.3) is 12.2 Å². The number of hydrogen-bond acceptors (Lipinski definition) is 3. The molecule has 0 fully saturated rings. The van der Waals surface area contributed by atoms with Crippen molar-refractivity contribution in [3.05, 3.63) is 94.9 Å². The van der Waals surface area contributed by atoms with Gasteiger partial charge in [-0.3, -0.25) is 0 Å². The molecule has 1 aromatic heterocycles. The maximum atomic E-state index is 4.50. The number of nitrogens with one attached hydrogen (secondary N) is 1. The Morgan fingerprint density at radius 2 is 2.16 bits per heavy atom. The largest absolute Gasteiger partial charge is 0.366 e. The fourth-order valence-corrected chi connectivity index (χ4v) is 3.43. The molecule has 0 aromatic carbocycles. The highest BCUT2D eigenvalue weighted by atomic mass is 32.1. The van der Waals surface area contributed by atoms with Gasteiger partial charge < -0.3 is 5.32 Å². The molecule has 2 aliphatic rings. The van der Waals surface area contributed by atoms with E-state index in [-0.39, 0.29) is 6.04 Å². The molecule has 2 atom stereocenters. The van der Waals surface area contributed by atoms with Crippen molar-refractivity contribution in [2.75, 3.05) is 0 Å². The summed E-state index contributed by atoms with van der Waals surface area (Å²) in [5.74, 6) is 0.390. The summed E-state index contributed by atoms with van der Waals surface area (Å²) in [6.45, 7) is 3.66. The Hall–Kier alpha value is -2.65. The maximum Gasteiger partial charge on any atom is 0.0889 e. The molecule has 25 heavy (non-hydrogen) atoms. The molecule has 1 aromatic rings. The van der Waals surface area contributed by atoms with Gasteiger partial charge >= 0.3 is 0 Å². The summed E-state index contributed by atoms with van der Waals surface area (Å²) < 4.78 is 0. The summed E-state index contributed by atoms with van der Waals surface area (Å²) in [6.07, 6.45) is 27.8. The zero-order valence-corrected chi connectivity index (χ0v) is 14.9. The molecule has 0 saturated heterocycles. The molecule has 126 valence electrons. The van der Waals surface area contributed by atoms with Crippen molar-refractivity contribution >= 4 is 29.8 Å². The molecule has 2 unspecified atom stereocenters. The van der Waals surface area contributed by atoms with E-state index in [2.05, 4.69) is 76.9 Å². The fraction of sp³-hybridized carbons (Fsp3) is 0.136. The number of nitrogens with zero attached hydrogens (tertiary/aromatic N) is 1. The van der Waals surface area contributed by atoms with Gasteiger partial charge in [-0.25, -0.2) is 4.99 Å². The molecule has 0 amide bonds. The minimum atomic E-state index is 0.182. The molecule has 3 heteroatoms. The van der Waals surface area contributed by atoms with E-state index in [1.54, 1.807) is 17.4 Å². The molecular formula is C22H22N2S. The van der Waals surface area contributed by atoms with Crippen LogP contribution >= 0.6 is 11.3 Å². The Bertz CT molecular complexity index is 800. The average Bonchev–Trinajstić information content (AvgIpc) is 3.12. The lowest BCUT2D eigenvalue weighted by Crippen LogP contribution is -2.27. The van der Waals surface area contributed by atoms with Crippen molar-refractivity contribution in [2.24, 2.45) is 10.9 Å². The van der Waals surface area contributed by atoms with Crippen LogP contribution in [0.3, 0.4) is 0 Å². The second kappa shape index (κ2) is 9.00. The first kappa shape index (κ1) is 17.2. The molecule has 3 rings (SSSR count). The van der Waals surface area contributed by atoms with Crippen molar-refractivity contribution in [1.82, 2.24) is 5.32 Å². The lowest BCUT2D eigenvalue weighted by atomic mass is 9.95. The minimum absolute atomic E-state index is 0.182. The first-order valence-corrected chi connectivity index (χ1v) is 9.29. The zero-order valence-electron chi connectivity index (χ0n) is 14.1. The highest BCUT2D eigenvalue weighted by Crippen LogP contribution is 2.24. The third-order valence-electron chi connectivity index (χ3n) is 3.95. The molecule has 0 saturated carbocycles. The summed E-state index contributed by atoms with van der Waals surface area (Å²) >= 11 is 1.74. The summed E-state index contributed by atoms with van der Waals surface area (Å²) in [6, 6.07) is 2.37. The number of thiophene rings is 1. The smallest absolute Gasteiger partial charge is 0.0889 e. The molecular weight excluding hydrogens is 324 g/mol. The SMILES string of the molecule is C=C/C=C\C=C\c1cc(/C=C\C2C=C(C3C=CC=CC3)N=CN2)cs1. The predicted molar refractivity (Wildman–Crippen MR) is 112 cm³/mol. The predicted octanol–water partition coefficient (Wildman–Crippen LogP) is 5.53. The Balaban J connectivity index is 1.62. The van der Waals surface area contributed by atoms with Crippen molar-refractivity contribution in [1.29, 1.82) is 0 Å². The van der Waals surface area contributed by atoms with Gasteiger partial charge in [0.05, 0.1) is 12.4 Å². The van der Waals surface area contributed by atoms with Crippen LogP contribution in [0.1, 0.15) is 16.9 Å². The molecule has 1 aliphatic heterocycles. The molecule has 0 bridgehead atoms. The van der Waals surface area contributed by atoms with E-state index >= 15 is 0 Å². The van der Waals surface area contributed by atoms with Gasteiger partial charge in [-0.2, -0.15) is 0 Å². The van der Waals surface area contributed by atoms with E-state index in [1.807, 2.05) is 24.6 Å². The van der Waals surface area contributed by atoms with E-state index < -0.39 is 0 Å². The van der Waals surface area contributed by atoms with Gasteiger partial charge in [0, 0.05) is 16.5 Å². The van der Waals surface area contributed by atoms with E-state index in [0.29, 0.717) is 5.92 Å². The van der Waals surface area contributed by atoms with Crippen LogP contribution in [0.2, 0.25) is 0 Å². The van der Waals surface area contributed by atoms with E-state index in [9.17, 15) is 0 Å². The molecule has 1 aliphatic carbocycles. The topological polar surface area (TPSA) is 24.4 Å². The van der Waals surface area contributed by atoms with Crippen molar-refractivity contribution in [2.45, 2.75) is 12.5 Å². The van der Waals surface area contributed by atoms with Gasteiger partial charge in [0.1, 0.15) is 0 Å². The lowest BCUT2D eigenvalue weighted by Gasteiger charge is -2.20. The second-order valence-electron chi connectivity index (χ2n) is 5.82. The molecule has 1 N–H and O–H groups in total. The molecule has 2 nitrogen and oxygen atoms in total. The van der Waals surface area contributed by atoms with Gasteiger partial charge in [-0.15, -0.1) is 11.3 Å². The lowest BCUT2D eigenvalue weighted by molar-refractivity contribution is 0.725. The van der Waals surface area contributed by atoms with Crippen LogP contribution in [0.5, 0.6) is 0 Å². The Morgan fingerprint density at radius 3 is 3.00 bits per heavy atom. The highest BCUT2D eigenvalue weighted by molar-refractivity contribution is 7.11. The Kier molecular flexibility index (Phi) is 6.18. The first-order valence-electron chi connectivity index (χ1n) is 8.41. The van der Waals surface area contributed by atoms with E-state index in [4.69, 9.17) is 0 Å². The van der Waals surface area contributed by atoms with Gasteiger partial charge in [0.2, 0.25) is 0 Å². The third kappa shape index (κ3) is 5.16. The second-order valence-corrected chi connectivity index (χ2v) is 6.76. The van der Waals surface area contributed by atoms with Crippen LogP contribution in [0.15, 0.2) is 89.5 Å². The van der Waals surface area contributed by atoms with Gasteiger partial charge in [-0.05, 0) is 35.6 Å².